The van der Waals surface area contributed by atoms with E-state index in [-0.39, 0.29) is 5.69 Å². The van der Waals surface area contributed by atoms with Crippen LogP contribution in [0.15, 0.2) is 53.4 Å². The number of nitro benzene ring substituents is 1. The SMILES string of the molecule is O=[N+]([O-])c1cccc(Cl)c1CNCCSc1ccccc1. The molecule has 0 saturated carbocycles. The Morgan fingerprint density at radius 3 is 2.62 bits per heavy atom. The molecule has 4 nitrogen and oxygen atoms in total. The molecule has 2 rings (SSSR count). The zero-order valence-electron chi connectivity index (χ0n) is 11.3. The van der Waals surface area contributed by atoms with Gasteiger partial charge in [0.15, 0.2) is 0 Å². The van der Waals surface area contributed by atoms with Crippen molar-refractivity contribution in [3.8, 4) is 0 Å². The largest absolute Gasteiger partial charge is 0.312 e. The molecule has 1 N–H and O–H groups in total. The van der Waals surface area contributed by atoms with Gasteiger partial charge in [-0.15, -0.1) is 11.8 Å². The molecule has 0 aliphatic carbocycles. The van der Waals surface area contributed by atoms with Crippen LogP contribution in [-0.4, -0.2) is 17.2 Å². The Labute approximate surface area is 132 Å². The van der Waals surface area contributed by atoms with E-state index < -0.39 is 4.92 Å². The van der Waals surface area contributed by atoms with Crippen LogP contribution in [0.1, 0.15) is 5.56 Å². The monoisotopic (exact) mass is 322 g/mol. The topological polar surface area (TPSA) is 55.2 Å². The van der Waals surface area contributed by atoms with Crippen molar-refractivity contribution >= 4 is 29.1 Å². The van der Waals surface area contributed by atoms with Crippen LogP contribution < -0.4 is 5.32 Å². The van der Waals surface area contributed by atoms with Crippen LogP contribution in [-0.2, 0) is 6.54 Å². The van der Waals surface area contributed by atoms with Crippen molar-refractivity contribution in [3.05, 3.63) is 69.2 Å². The summed E-state index contributed by atoms with van der Waals surface area (Å²) < 4.78 is 0. The number of hydrogen-bond donors (Lipinski definition) is 1. The van der Waals surface area contributed by atoms with Gasteiger partial charge in [0.05, 0.1) is 15.5 Å². The predicted octanol–water partition coefficient (Wildman–Crippen LogP) is 4.13. The maximum atomic E-state index is 11.0. The third-order valence-corrected chi connectivity index (χ3v) is 4.25. The fourth-order valence-electron chi connectivity index (χ4n) is 1.86. The summed E-state index contributed by atoms with van der Waals surface area (Å²) in [4.78, 5) is 11.8. The second-order valence-corrected chi connectivity index (χ2v) is 5.91. The number of nitro groups is 1. The summed E-state index contributed by atoms with van der Waals surface area (Å²) in [5.74, 6) is 0.891. The van der Waals surface area contributed by atoms with Gasteiger partial charge in [-0.05, 0) is 18.2 Å². The van der Waals surface area contributed by atoms with Crippen molar-refractivity contribution < 1.29 is 4.92 Å². The molecule has 2 aromatic rings. The van der Waals surface area contributed by atoms with Crippen LogP contribution in [0.3, 0.4) is 0 Å². The van der Waals surface area contributed by atoms with E-state index in [4.69, 9.17) is 11.6 Å². The van der Waals surface area contributed by atoms with Crippen LogP contribution in [0.4, 0.5) is 5.69 Å². The van der Waals surface area contributed by atoms with Crippen molar-refractivity contribution in [1.29, 1.82) is 0 Å². The predicted molar refractivity (Wildman–Crippen MR) is 87.0 cm³/mol. The van der Waals surface area contributed by atoms with Gasteiger partial charge in [0, 0.05) is 29.8 Å². The summed E-state index contributed by atoms with van der Waals surface area (Å²) >= 11 is 7.77. The number of thioether (sulfide) groups is 1. The van der Waals surface area contributed by atoms with E-state index in [9.17, 15) is 10.1 Å². The van der Waals surface area contributed by atoms with E-state index >= 15 is 0 Å². The molecule has 2 aromatic carbocycles. The van der Waals surface area contributed by atoms with Crippen molar-refractivity contribution in [1.82, 2.24) is 5.32 Å². The van der Waals surface area contributed by atoms with Crippen molar-refractivity contribution in [2.45, 2.75) is 11.4 Å². The maximum absolute atomic E-state index is 11.0. The highest BCUT2D eigenvalue weighted by Crippen LogP contribution is 2.26. The molecule has 0 bridgehead atoms. The number of benzene rings is 2. The first-order valence-electron chi connectivity index (χ1n) is 6.49. The lowest BCUT2D eigenvalue weighted by Gasteiger charge is -2.07. The third kappa shape index (κ3) is 4.74. The lowest BCUT2D eigenvalue weighted by molar-refractivity contribution is -0.385. The van der Waals surface area contributed by atoms with Gasteiger partial charge in [0.25, 0.3) is 5.69 Å². The number of hydrogen-bond acceptors (Lipinski definition) is 4. The third-order valence-electron chi connectivity index (χ3n) is 2.88. The van der Waals surface area contributed by atoms with E-state index in [0.29, 0.717) is 17.1 Å². The smallest absolute Gasteiger partial charge is 0.275 e. The Bertz CT molecular complexity index is 608. The van der Waals surface area contributed by atoms with Crippen LogP contribution in [0.5, 0.6) is 0 Å². The molecule has 6 heteroatoms. The maximum Gasteiger partial charge on any atom is 0.275 e. The molecule has 0 spiro atoms. The Balaban J connectivity index is 1.83. The van der Waals surface area contributed by atoms with Gasteiger partial charge in [-0.25, -0.2) is 0 Å². The van der Waals surface area contributed by atoms with E-state index in [1.165, 1.54) is 11.0 Å². The molecule has 0 aromatic heterocycles. The molecular formula is C15H15ClN2O2S. The molecule has 0 aliphatic heterocycles. The highest BCUT2D eigenvalue weighted by molar-refractivity contribution is 7.99. The number of rotatable bonds is 7. The van der Waals surface area contributed by atoms with Crippen molar-refractivity contribution in [2.75, 3.05) is 12.3 Å². The molecule has 0 unspecified atom stereocenters. The zero-order valence-corrected chi connectivity index (χ0v) is 12.9. The van der Waals surface area contributed by atoms with Gasteiger partial charge in [-0.3, -0.25) is 10.1 Å². The molecule has 0 amide bonds. The standard InChI is InChI=1S/C15H15ClN2O2S/c16-14-7-4-8-15(18(19)20)13(14)11-17-9-10-21-12-5-2-1-3-6-12/h1-8,17H,9-11H2. The highest BCUT2D eigenvalue weighted by Gasteiger charge is 2.15. The molecular weight excluding hydrogens is 308 g/mol. The average molecular weight is 323 g/mol. The molecule has 0 fully saturated rings. The van der Waals surface area contributed by atoms with Gasteiger partial charge >= 0.3 is 0 Å². The first kappa shape index (κ1) is 15.8. The lowest BCUT2D eigenvalue weighted by atomic mass is 10.2. The second kappa shape index (κ2) is 8.02. The van der Waals surface area contributed by atoms with Gasteiger partial charge in [0.1, 0.15) is 0 Å². The summed E-state index contributed by atoms with van der Waals surface area (Å²) in [5.41, 5.74) is 0.597. The minimum atomic E-state index is -0.401. The normalized spacial score (nSPS) is 10.5. The summed E-state index contributed by atoms with van der Waals surface area (Å²) in [7, 11) is 0. The second-order valence-electron chi connectivity index (χ2n) is 4.33. The summed E-state index contributed by atoms with van der Waals surface area (Å²) in [6, 6.07) is 14.8. The van der Waals surface area contributed by atoms with E-state index in [1.54, 1.807) is 23.9 Å². The van der Waals surface area contributed by atoms with Crippen LogP contribution >= 0.6 is 23.4 Å². The number of nitrogens with zero attached hydrogens (tertiary/aromatic N) is 1. The van der Waals surface area contributed by atoms with E-state index in [1.807, 2.05) is 18.2 Å². The molecule has 0 radical (unpaired) electrons. The zero-order chi connectivity index (χ0) is 15.1. The van der Waals surface area contributed by atoms with Crippen LogP contribution in [0, 0.1) is 10.1 Å². The van der Waals surface area contributed by atoms with E-state index in [2.05, 4.69) is 17.4 Å². The fourth-order valence-corrected chi connectivity index (χ4v) is 2.93. The minimum Gasteiger partial charge on any atom is -0.312 e. The molecule has 0 heterocycles. The fraction of sp³-hybridized carbons (Fsp3) is 0.200. The minimum absolute atomic E-state index is 0.0608. The molecule has 0 aliphatic rings. The highest BCUT2D eigenvalue weighted by atomic mass is 35.5. The van der Waals surface area contributed by atoms with Gasteiger partial charge in [-0.1, -0.05) is 35.9 Å². The first-order valence-corrected chi connectivity index (χ1v) is 7.85. The lowest BCUT2D eigenvalue weighted by Crippen LogP contribution is -2.17. The summed E-state index contributed by atoms with van der Waals surface area (Å²) in [6.07, 6.45) is 0. The summed E-state index contributed by atoms with van der Waals surface area (Å²) in [5, 5.41) is 14.6. The summed E-state index contributed by atoms with van der Waals surface area (Å²) in [6.45, 7) is 1.15. The molecule has 21 heavy (non-hydrogen) atoms. The quantitative estimate of drug-likeness (QED) is 0.360. The van der Waals surface area contributed by atoms with E-state index in [0.717, 1.165) is 12.3 Å². The van der Waals surface area contributed by atoms with Crippen LogP contribution in [0.25, 0.3) is 0 Å². The Morgan fingerprint density at radius 1 is 1.14 bits per heavy atom. The van der Waals surface area contributed by atoms with Gasteiger partial charge in [-0.2, -0.15) is 0 Å². The number of nitrogens with one attached hydrogen (secondary N) is 1. The van der Waals surface area contributed by atoms with Gasteiger partial charge in [0.2, 0.25) is 0 Å². The molecule has 0 atom stereocenters. The molecule has 110 valence electrons. The van der Waals surface area contributed by atoms with Crippen molar-refractivity contribution in [3.63, 3.8) is 0 Å². The Hall–Kier alpha value is -1.56. The first-order chi connectivity index (χ1) is 10.2. The van der Waals surface area contributed by atoms with Gasteiger partial charge < -0.3 is 5.32 Å². The van der Waals surface area contributed by atoms with Crippen molar-refractivity contribution in [2.24, 2.45) is 0 Å². The average Bonchev–Trinajstić information content (AvgIpc) is 2.49. The Morgan fingerprint density at radius 2 is 1.90 bits per heavy atom. The molecule has 0 saturated heterocycles. The number of halogens is 1. The van der Waals surface area contributed by atoms with Crippen LogP contribution in [0.2, 0.25) is 5.02 Å². The Kier molecular flexibility index (Phi) is 6.04.